The van der Waals surface area contributed by atoms with E-state index < -0.39 is 49.4 Å². The molecule has 1 aliphatic heterocycles. The van der Waals surface area contributed by atoms with Gasteiger partial charge in [0.25, 0.3) is 5.91 Å². The van der Waals surface area contributed by atoms with Gasteiger partial charge in [-0.3, -0.25) is 4.79 Å². The van der Waals surface area contributed by atoms with Gasteiger partial charge in [0.2, 0.25) is 5.95 Å². The first-order valence-electron chi connectivity index (χ1n) is 12.8. The summed E-state index contributed by atoms with van der Waals surface area (Å²) in [6.45, 7) is -14.0. The first-order chi connectivity index (χ1) is 17.5. The summed E-state index contributed by atoms with van der Waals surface area (Å²) in [6.07, 6.45) is 1.07. The van der Waals surface area contributed by atoms with Crippen molar-refractivity contribution in [3.05, 3.63) is 36.3 Å². The lowest BCUT2D eigenvalue weighted by Crippen LogP contribution is -2.49. The number of piperazine rings is 1. The third-order valence-electron chi connectivity index (χ3n) is 3.85. The summed E-state index contributed by atoms with van der Waals surface area (Å²) in [5.41, 5.74) is -0.0289. The van der Waals surface area contributed by atoms with Crippen molar-refractivity contribution in [3.8, 4) is 11.5 Å². The second-order valence-corrected chi connectivity index (χ2v) is 5.47. The minimum atomic E-state index is -3.52. The molecule has 9 heteroatoms. The number of ether oxygens (including phenoxy) is 2. The van der Waals surface area contributed by atoms with Crippen LogP contribution in [0.4, 0.5) is 11.8 Å². The van der Waals surface area contributed by atoms with Crippen LogP contribution in [0, 0.1) is 0 Å². The first kappa shape index (κ1) is 9.63. The molecule has 0 bridgehead atoms. The molecule has 2 N–H and O–H groups in total. The maximum Gasteiger partial charge on any atom is 0.289 e. The van der Waals surface area contributed by atoms with Crippen molar-refractivity contribution in [1.29, 1.82) is 0 Å². The smallest absolute Gasteiger partial charge is 0.289 e. The highest BCUT2D eigenvalue weighted by Crippen LogP contribution is 2.34. The van der Waals surface area contributed by atoms with Crippen LogP contribution in [0.5, 0.6) is 11.5 Å². The predicted molar refractivity (Wildman–Crippen MR) is 104 cm³/mol. The number of carbonyl (C=O) groups is 1. The Morgan fingerprint density at radius 1 is 1.21 bits per heavy atom. The Morgan fingerprint density at radius 3 is 2.61 bits per heavy atom. The van der Waals surface area contributed by atoms with E-state index >= 15 is 0 Å². The quantitative estimate of drug-likeness (QED) is 0.699. The van der Waals surface area contributed by atoms with Crippen LogP contribution >= 0.6 is 0 Å². The molecule has 28 heavy (non-hydrogen) atoms. The maximum absolute atomic E-state index is 13.0. The molecule has 0 spiro atoms. The molecule has 0 atom stereocenters. The Balaban J connectivity index is 1.99. The molecule has 1 amide bonds. The minimum Gasteiger partial charge on any atom is -0.493 e. The molecule has 0 radical (unpaired) electrons. The average molecular weight is 393 g/mol. The van der Waals surface area contributed by atoms with Crippen LogP contribution in [-0.2, 0) is 0 Å². The predicted octanol–water partition coefficient (Wildman–Crippen LogP) is 1.78. The topological polar surface area (TPSA) is 107 Å². The molecular formula is C19H21N5O4. The molecule has 146 valence electrons. The summed E-state index contributed by atoms with van der Waals surface area (Å²) in [5, 5.41) is 0.0511. The number of fused-ring (bicyclic) bond motifs is 1. The Labute approximate surface area is 175 Å². The van der Waals surface area contributed by atoms with Gasteiger partial charge in [-0.25, -0.2) is 4.98 Å². The number of furan rings is 1. The molecule has 0 unspecified atom stereocenters. The molecule has 4 rings (SSSR count). The van der Waals surface area contributed by atoms with Gasteiger partial charge in [-0.2, -0.15) is 4.98 Å². The van der Waals surface area contributed by atoms with E-state index in [-0.39, 0.29) is 37.9 Å². The van der Waals surface area contributed by atoms with Gasteiger partial charge in [-0.1, -0.05) is 0 Å². The number of nitrogens with two attached hydrogens (primary N) is 1. The van der Waals surface area contributed by atoms with Crippen LogP contribution in [-0.4, -0.2) is 61.0 Å². The van der Waals surface area contributed by atoms with Gasteiger partial charge >= 0.3 is 0 Å². The number of anilines is 2. The van der Waals surface area contributed by atoms with E-state index in [1.807, 2.05) is 0 Å². The third-order valence-corrected chi connectivity index (χ3v) is 3.85. The maximum atomic E-state index is 13.0. The second kappa shape index (κ2) is 7.26. The first-order valence-corrected chi connectivity index (χ1v) is 7.94. The van der Waals surface area contributed by atoms with Crippen LogP contribution in [0.15, 0.2) is 34.9 Å². The highest BCUT2D eigenvalue weighted by atomic mass is 16.5. The SMILES string of the molecule is [2H]N([2H])c1nc(N2C([2H])([2H])C([2H])([2H])N(C(=O)c3ccco3)C([2H])([2H])C2([2H])[2H])nc2cc(OC)c(OC)cc12. The van der Waals surface area contributed by atoms with Crippen molar-refractivity contribution in [2.75, 3.05) is 50.8 Å². The summed E-state index contributed by atoms with van der Waals surface area (Å²) in [7, 11) is 2.66. The van der Waals surface area contributed by atoms with E-state index in [9.17, 15) is 4.79 Å². The van der Waals surface area contributed by atoms with Crippen molar-refractivity contribution in [3.63, 3.8) is 0 Å². The summed E-state index contributed by atoms with van der Waals surface area (Å²) >= 11 is 0. The number of rotatable bonds is 5. The number of methoxy groups -OCH3 is 2. The van der Waals surface area contributed by atoms with Gasteiger partial charge in [0.1, 0.15) is 5.82 Å². The average Bonchev–Trinajstić information content (AvgIpc) is 3.36. The zero-order valence-electron chi connectivity index (χ0n) is 24.8. The fraction of sp³-hybridized carbons (Fsp3) is 0.316. The van der Waals surface area contributed by atoms with E-state index in [1.54, 1.807) is 0 Å². The molecule has 1 fully saturated rings. The zero-order valence-corrected chi connectivity index (χ0v) is 14.8. The number of benzene rings is 1. The Hall–Kier alpha value is -3.49. The van der Waals surface area contributed by atoms with Crippen LogP contribution in [0.2, 0.25) is 2.82 Å². The summed E-state index contributed by atoms with van der Waals surface area (Å²) in [5.74, 6) is -3.02. The van der Waals surface area contributed by atoms with E-state index in [4.69, 9.17) is 27.7 Å². The van der Waals surface area contributed by atoms with E-state index in [0.29, 0.717) is 0 Å². The van der Waals surface area contributed by atoms with Gasteiger partial charge in [0.15, 0.2) is 20.1 Å². The van der Waals surface area contributed by atoms with Gasteiger partial charge in [-0.15, -0.1) is 0 Å². The number of carbonyl (C=O) groups excluding carboxylic acids is 1. The van der Waals surface area contributed by atoms with Crippen LogP contribution in [0.25, 0.3) is 10.9 Å². The fourth-order valence-electron chi connectivity index (χ4n) is 2.50. The van der Waals surface area contributed by atoms with Gasteiger partial charge in [0, 0.05) is 37.4 Å². The second-order valence-electron chi connectivity index (χ2n) is 5.47. The monoisotopic (exact) mass is 393 g/mol. The number of hydrogen-bond donors (Lipinski definition) is 1. The van der Waals surface area contributed by atoms with Gasteiger partial charge in [0.05, 0.1) is 37.0 Å². The number of amides is 1. The molecule has 0 saturated carbocycles. The number of hydrogen-bond acceptors (Lipinski definition) is 8. The lowest BCUT2D eigenvalue weighted by atomic mass is 10.2. The highest BCUT2D eigenvalue weighted by molar-refractivity contribution is 5.92. The fourth-order valence-corrected chi connectivity index (χ4v) is 2.50. The Kier molecular flexibility index (Phi) is 2.50. The van der Waals surface area contributed by atoms with Crippen molar-refractivity contribution in [2.24, 2.45) is 0 Å². The highest BCUT2D eigenvalue weighted by Gasteiger charge is 2.25. The molecular weight excluding hydrogens is 362 g/mol. The zero-order chi connectivity index (χ0) is 28.4. The van der Waals surface area contributed by atoms with Crippen molar-refractivity contribution >= 4 is 28.6 Å². The van der Waals surface area contributed by atoms with Gasteiger partial charge in [-0.05, 0) is 18.2 Å². The van der Waals surface area contributed by atoms with Crippen LogP contribution < -0.4 is 20.1 Å². The van der Waals surface area contributed by atoms with E-state index in [1.165, 1.54) is 32.4 Å². The number of nitrogen functional groups attached to an aromatic ring is 1. The molecule has 0 aliphatic carbocycles. The van der Waals surface area contributed by atoms with E-state index in [2.05, 4.69) is 9.97 Å². The summed E-state index contributed by atoms with van der Waals surface area (Å²) < 4.78 is 99.2. The molecule has 1 saturated heterocycles. The molecule has 3 heterocycles. The lowest BCUT2D eigenvalue weighted by Gasteiger charge is -2.34. The van der Waals surface area contributed by atoms with Crippen LogP contribution in [0.1, 0.15) is 21.5 Å². The molecule has 1 aromatic carbocycles. The van der Waals surface area contributed by atoms with Crippen LogP contribution in [0.3, 0.4) is 0 Å². The summed E-state index contributed by atoms with van der Waals surface area (Å²) in [6, 6.07) is 5.01. The molecule has 2 aromatic heterocycles. The van der Waals surface area contributed by atoms with Crippen molar-refractivity contribution in [2.45, 2.75) is 0 Å². The molecule has 3 aromatic rings. The Morgan fingerprint density at radius 2 is 1.96 bits per heavy atom. The van der Waals surface area contributed by atoms with Crippen molar-refractivity contribution < 1.29 is 32.5 Å². The molecule has 1 aliphatic rings. The largest absolute Gasteiger partial charge is 0.493 e. The van der Waals surface area contributed by atoms with Gasteiger partial charge < -0.3 is 29.4 Å². The number of nitrogens with zero attached hydrogens (tertiary/aromatic N) is 4. The standard InChI is InChI=1S/C19H21N5O4/c1-26-15-10-12-13(11-16(15)27-2)21-19(22-17(12)20)24-7-5-23(6-8-24)18(25)14-4-3-9-28-14/h3-4,9-11H,5-8H2,1-2H3,(H2,20,21,22)/i5D2,6D2,7D2,8D2/hD2. The molecule has 9 nitrogen and oxygen atoms in total. The van der Waals surface area contributed by atoms with E-state index in [0.717, 1.165) is 12.3 Å². The summed E-state index contributed by atoms with van der Waals surface area (Å²) in [4.78, 5) is 20.9. The van der Waals surface area contributed by atoms with Crippen molar-refractivity contribution in [1.82, 2.24) is 14.9 Å². The minimum absolute atomic E-state index is 0.0229. The Bertz CT molecular complexity index is 1360. The third kappa shape index (κ3) is 3.15. The number of aromatic nitrogens is 2. The normalized spacial score (nSPS) is 26.6. The lowest BCUT2D eigenvalue weighted by molar-refractivity contribution is 0.0714.